The summed E-state index contributed by atoms with van der Waals surface area (Å²) in [7, 11) is 1.61. The molecule has 6 heteroatoms. The molecule has 0 saturated heterocycles. The van der Waals surface area contributed by atoms with Gasteiger partial charge in [-0.05, 0) is 61.1 Å². The van der Waals surface area contributed by atoms with Crippen LogP contribution in [0.2, 0.25) is 0 Å². The topological polar surface area (TPSA) is 67.9 Å². The second-order valence-corrected chi connectivity index (χ2v) is 8.42. The molecule has 2 aromatic carbocycles. The number of ether oxygens (including phenoxy) is 2. The lowest BCUT2D eigenvalue weighted by molar-refractivity contribution is -0.143. The highest BCUT2D eigenvalue weighted by atomic mass is 16.5. The highest BCUT2D eigenvalue weighted by Gasteiger charge is 2.29. The Hall–Kier alpha value is -3.02. The van der Waals surface area contributed by atoms with Crippen LogP contribution in [0.5, 0.6) is 11.5 Å². The minimum Gasteiger partial charge on any atom is -0.497 e. The maximum Gasteiger partial charge on any atom is 0.261 e. The summed E-state index contributed by atoms with van der Waals surface area (Å²) in [6.45, 7) is 10.7. The van der Waals surface area contributed by atoms with Crippen molar-refractivity contribution in [3.63, 3.8) is 0 Å². The first-order valence-electron chi connectivity index (χ1n) is 11.2. The first-order valence-corrected chi connectivity index (χ1v) is 11.2. The zero-order chi connectivity index (χ0) is 23.7. The Bertz CT molecular complexity index is 910. The molecule has 2 aromatic rings. The molecule has 0 spiro atoms. The molecule has 1 N–H and O–H groups in total. The van der Waals surface area contributed by atoms with E-state index in [1.165, 1.54) is 0 Å². The molecule has 1 atom stereocenters. The Morgan fingerprint density at radius 1 is 1.09 bits per heavy atom. The van der Waals surface area contributed by atoms with E-state index in [1.807, 2.05) is 77.1 Å². The zero-order valence-corrected chi connectivity index (χ0v) is 20.1. The molecule has 0 aliphatic heterocycles. The van der Waals surface area contributed by atoms with Crippen molar-refractivity contribution in [2.75, 3.05) is 20.3 Å². The van der Waals surface area contributed by atoms with Gasteiger partial charge in [0.25, 0.3) is 5.91 Å². The van der Waals surface area contributed by atoms with Gasteiger partial charge in [-0.2, -0.15) is 0 Å². The number of rotatable bonds is 11. The van der Waals surface area contributed by atoms with Gasteiger partial charge >= 0.3 is 0 Å². The number of nitrogens with zero attached hydrogens (tertiary/aromatic N) is 1. The van der Waals surface area contributed by atoms with Crippen molar-refractivity contribution in [2.24, 2.45) is 5.92 Å². The predicted molar refractivity (Wildman–Crippen MR) is 127 cm³/mol. The van der Waals surface area contributed by atoms with Crippen LogP contribution in [0.15, 0.2) is 42.5 Å². The van der Waals surface area contributed by atoms with Crippen LogP contribution in [0.3, 0.4) is 0 Å². The normalized spacial score (nSPS) is 11.7. The number of carbonyl (C=O) groups is 2. The summed E-state index contributed by atoms with van der Waals surface area (Å²) in [5.74, 6) is 1.33. The van der Waals surface area contributed by atoms with Gasteiger partial charge in [0.2, 0.25) is 5.91 Å². The molecule has 174 valence electrons. The Morgan fingerprint density at radius 3 is 2.47 bits per heavy atom. The van der Waals surface area contributed by atoms with E-state index < -0.39 is 6.04 Å². The van der Waals surface area contributed by atoms with Gasteiger partial charge in [0, 0.05) is 13.1 Å². The van der Waals surface area contributed by atoms with E-state index in [2.05, 4.69) is 5.32 Å². The third kappa shape index (κ3) is 7.01. The molecule has 0 fully saturated rings. The van der Waals surface area contributed by atoms with E-state index in [0.29, 0.717) is 36.9 Å². The molecule has 0 radical (unpaired) electrons. The van der Waals surface area contributed by atoms with Crippen LogP contribution in [0, 0.1) is 19.8 Å². The van der Waals surface area contributed by atoms with E-state index in [0.717, 1.165) is 16.7 Å². The molecule has 0 aliphatic rings. The summed E-state index contributed by atoms with van der Waals surface area (Å²) in [5, 5.41) is 2.97. The van der Waals surface area contributed by atoms with Crippen molar-refractivity contribution < 1.29 is 19.1 Å². The molecule has 0 heterocycles. The highest BCUT2D eigenvalue weighted by molar-refractivity contribution is 5.88. The third-order valence-electron chi connectivity index (χ3n) is 5.46. The quantitative estimate of drug-likeness (QED) is 0.567. The number of aryl methyl sites for hydroxylation is 1. The van der Waals surface area contributed by atoms with Gasteiger partial charge in [0.1, 0.15) is 17.5 Å². The van der Waals surface area contributed by atoms with Crippen molar-refractivity contribution in [3.8, 4) is 11.5 Å². The SMILES string of the molecule is CCC(C(=O)NCC(C)C)N(Cc1cccc(OC)c1)C(=O)COc1cccc(C)c1C. The molecule has 0 aromatic heterocycles. The summed E-state index contributed by atoms with van der Waals surface area (Å²) >= 11 is 0. The largest absolute Gasteiger partial charge is 0.497 e. The average Bonchev–Trinajstić information content (AvgIpc) is 2.78. The Balaban J connectivity index is 2.25. The first-order chi connectivity index (χ1) is 15.3. The van der Waals surface area contributed by atoms with E-state index >= 15 is 0 Å². The summed E-state index contributed by atoms with van der Waals surface area (Å²) in [6, 6.07) is 12.7. The van der Waals surface area contributed by atoms with Gasteiger partial charge in [-0.1, -0.05) is 45.0 Å². The Labute approximate surface area is 191 Å². The number of benzene rings is 2. The fourth-order valence-corrected chi connectivity index (χ4v) is 3.41. The number of amides is 2. The van der Waals surface area contributed by atoms with Crippen LogP contribution in [0.25, 0.3) is 0 Å². The Kier molecular flexibility index (Phi) is 9.57. The standard InChI is InChI=1S/C26H36N2O4/c1-7-23(26(30)27-15-18(2)3)28(16-21-11-9-12-22(14-21)31-6)25(29)17-32-24-13-8-10-19(4)20(24)5/h8-14,18,23H,7,15-17H2,1-6H3,(H,27,30). The smallest absolute Gasteiger partial charge is 0.261 e. The summed E-state index contributed by atoms with van der Waals surface area (Å²) in [6.07, 6.45) is 0.503. The van der Waals surface area contributed by atoms with E-state index in [4.69, 9.17) is 9.47 Å². The van der Waals surface area contributed by atoms with Crippen LogP contribution in [0.4, 0.5) is 0 Å². The van der Waals surface area contributed by atoms with E-state index in [-0.39, 0.29) is 18.4 Å². The molecule has 2 amide bonds. The molecule has 0 saturated carbocycles. The van der Waals surface area contributed by atoms with Gasteiger partial charge in [-0.3, -0.25) is 9.59 Å². The number of methoxy groups -OCH3 is 1. The van der Waals surface area contributed by atoms with Crippen LogP contribution in [0.1, 0.15) is 43.9 Å². The number of nitrogens with one attached hydrogen (secondary N) is 1. The second-order valence-electron chi connectivity index (χ2n) is 8.42. The molecular weight excluding hydrogens is 404 g/mol. The van der Waals surface area contributed by atoms with E-state index in [9.17, 15) is 9.59 Å². The molecule has 0 aliphatic carbocycles. The van der Waals surface area contributed by atoms with Crippen LogP contribution < -0.4 is 14.8 Å². The molecule has 32 heavy (non-hydrogen) atoms. The van der Waals surface area contributed by atoms with Crippen molar-refractivity contribution in [1.29, 1.82) is 0 Å². The molecular formula is C26H36N2O4. The van der Waals surface area contributed by atoms with Crippen molar-refractivity contribution in [1.82, 2.24) is 10.2 Å². The lowest BCUT2D eigenvalue weighted by Gasteiger charge is -2.31. The number of carbonyl (C=O) groups excluding carboxylic acids is 2. The minimum atomic E-state index is -0.588. The fraction of sp³-hybridized carbons (Fsp3) is 0.462. The van der Waals surface area contributed by atoms with Crippen molar-refractivity contribution >= 4 is 11.8 Å². The van der Waals surface area contributed by atoms with Crippen LogP contribution in [-0.4, -0.2) is 43.0 Å². The molecule has 2 rings (SSSR count). The maximum atomic E-state index is 13.3. The number of hydrogen-bond donors (Lipinski definition) is 1. The van der Waals surface area contributed by atoms with E-state index in [1.54, 1.807) is 12.0 Å². The van der Waals surface area contributed by atoms with Gasteiger partial charge in [0.05, 0.1) is 7.11 Å². The zero-order valence-electron chi connectivity index (χ0n) is 20.1. The lowest BCUT2D eigenvalue weighted by Crippen LogP contribution is -2.50. The van der Waals surface area contributed by atoms with Crippen molar-refractivity contribution in [2.45, 2.75) is 53.6 Å². The molecule has 1 unspecified atom stereocenters. The lowest BCUT2D eigenvalue weighted by atomic mass is 10.1. The maximum absolute atomic E-state index is 13.3. The monoisotopic (exact) mass is 440 g/mol. The second kappa shape index (κ2) is 12.1. The van der Waals surface area contributed by atoms with Crippen molar-refractivity contribution in [3.05, 3.63) is 59.2 Å². The van der Waals surface area contributed by atoms with Gasteiger partial charge in [0.15, 0.2) is 6.61 Å². The summed E-state index contributed by atoms with van der Waals surface area (Å²) in [5.41, 5.74) is 2.99. The van der Waals surface area contributed by atoms with Gasteiger partial charge in [-0.15, -0.1) is 0 Å². The first kappa shape index (κ1) is 25.2. The van der Waals surface area contributed by atoms with Gasteiger partial charge in [-0.25, -0.2) is 0 Å². The summed E-state index contributed by atoms with van der Waals surface area (Å²) in [4.78, 5) is 27.9. The average molecular weight is 441 g/mol. The predicted octanol–water partition coefficient (Wildman–Crippen LogP) is 4.27. The van der Waals surface area contributed by atoms with Crippen LogP contribution >= 0.6 is 0 Å². The highest BCUT2D eigenvalue weighted by Crippen LogP contribution is 2.22. The molecule has 6 nitrogen and oxygen atoms in total. The fourth-order valence-electron chi connectivity index (χ4n) is 3.41. The third-order valence-corrected chi connectivity index (χ3v) is 5.46. The van der Waals surface area contributed by atoms with Gasteiger partial charge < -0.3 is 19.7 Å². The Morgan fingerprint density at radius 2 is 1.81 bits per heavy atom. The molecule has 0 bridgehead atoms. The number of hydrogen-bond acceptors (Lipinski definition) is 4. The summed E-state index contributed by atoms with van der Waals surface area (Å²) < 4.78 is 11.2. The van der Waals surface area contributed by atoms with Crippen LogP contribution in [-0.2, 0) is 16.1 Å². The minimum absolute atomic E-state index is 0.137.